The van der Waals surface area contributed by atoms with Crippen LogP contribution in [0.5, 0.6) is 5.75 Å². The third-order valence-electron chi connectivity index (χ3n) is 7.98. The van der Waals surface area contributed by atoms with Gasteiger partial charge >= 0.3 is 5.97 Å². The van der Waals surface area contributed by atoms with E-state index >= 15 is 0 Å². The van der Waals surface area contributed by atoms with E-state index in [2.05, 4.69) is 99.8 Å². The number of piperazine rings is 1. The Labute approximate surface area is 247 Å². The fraction of sp³-hybridized carbons (Fsp3) is 0.394. The zero-order valence-electron chi connectivity index (χ0n) is 24.6. The SMILES string of the molecule is CCOC(=O)CCCn1nnnc1-c1ccc([C@H](c2cccc(O)c2)N2C[C@@H](C)N(Cc3ccccc3)C[C@@H]2C)cc1. The van der Waals surface area contributed by atoms with Crippen LogP contribution in [0.3, 0.4) is 0 Å². The van der Waals surface area contributed by atoms with E-state index < -0.39 is 0 Å². The van der Waals surface area contributed by atoms with Crippen molar-refractivity contribution in [3.8, 4) is 17.1 Å². The number of aromatic nitrogens is 4. The van der Waals surface area contributed by atoms with E-state index in [0.29, 0.717) is 43.9 Å². The van der Waals surface area contributed by atoms with Crippen molar-refractivity contribution in [3.05, 3.63) is 95.6 Å². The zero-order valence-corrected chi connectivity index (χ0v) is 24.6. The van der Waals surface area contributed by atoms with Crippen LogP contribution in [-0.4, -0.2) is 72.9 Å². The van der Waals surface area contributed by atoms with Gasteiger partial charge in [0.15, 0.2) is 5.82 Å². The topological polar surface area (TPSA) is 96.6 Å². The molecule has 5 rings (SSSR count). The van der Waals surface area contributed by atoms with Gasteiger partial charge in [-0.25, -0.2) is 4.68 Å². The van der Waals surface area contributed by atoms with Crippen molar-refractivity contribution < 1.29 is 14.6 Å². The van der Waals surface area contributed by atoms with Crippen LogP contribution in [0.1, 0.15) is 56.3 Å². The van der Waals surface area contributed by atoms with E-state index in [1.54, 1.807) is 17.7 Å². The van der Waals surface area contributed by atoms with E-state index in [1.165, 1.54) is 5.56 Å². The average molecular weight is 569 g/mol. The minimum atomic E-state index is -0.209. The van der Waals surface area contributed by atoms with E-state index in [1.807, 2.05) is 12.1 Å². The molecule has 1 aromatic heterocycles. The summed E-state index contributed by atoms with van der Waals surface area (Å²) in [6.45, 7) is 10.1. The maximum absolute atomic E-state index is 11.7. The Kier molecular flexibility index (Phi) is 9.61. The molecule has 3 aromatic carbocycles. The molecule has 220 valence electrons. The largest absolute Gasteiger partial charge is 0.508 e. The second kappa shape index (κ2) is 13.7. The van der Waals surface area contributed by atoms with Crippen LogP contribution in [0.25, 0.3) is 11.4 Å². The monoisotopic (exact) mass is 568 g/mol. The summed E-state index contributed by atoms with van der Waals surface area (Å²) in [4.78, 5) is 16.8. The lowest BCUT2D eigenvalue weighted by atomic mass is 9.92. The Morgan fingerprint density at radius 3 is 2.50 bits per heavy atom. The molecule has 0 bridgehead atoms. The number of phenolic OH excluding ortho intramolecular Hbond substituents is 1. The Bertz CT molecular complexity index is 1440. The van der Waals surface area contributed by atoms with E-state index in [0.717, 1.165) is 36.3 Å². The fourth-order valence-electron chi connectivity index (χ4n) is 5.88. The van der Waals surface area contributed by atoms with Gasteiger partial charge in [-0.3, -0.25) is 14.6 Å². The van der Waals surface area contributed by atoms with Crippen molar-refractivity contribution in [2.75, 3.05) is 19.7 Å². The predicted molar refractivity (Wildman–Crippen MR) is 162 cm³/mol. The maximum Gasteiger partial charge on any atom is 0.305 e. The lowest BCUT2D eigenvalue weighted by molar-refractivity contribution is -0.143. The molecule has 2 heterocycles. The van der Waals surface area contributed by atoms with Crippen LogP contribution in [0.4, 0.5) is 0 Å². The van der Waals surface area contributed by atoms with Gasteiger partial charge in [0.2, 0.25) is 0 Å². The minimum absolute atomic E-state index is 0.0250. The Hall–Kier alpha value is -4.08. The van der Waals surface area contributed by atoms with Crippen LogP contribution in [0, 0.1) is 0 Å². The van der Waals surface area contributed by atoms with Crippen LogP contribution in [-0.2, 0) is 22.6 Å². The number of tetrazole rings is 1. The Morgan fingerprint density at radius 2 is 1.76 bits per heavy atom. The first-order valence-electron chi connectivity index (χ1n) is 14.8. The molecule has 1 N–H and O–H groups in total. The number of phenols is 1. The molecule has 1 aliphatic rings. The third-order valence-corrected chi connectivity index (χ3v) is 7.98. The summed E-state index contributed by atoms with van der Waals surface area (Å²) in [5, 5.41) is 22.7. The molecule has 0 aliphatic carbocycles. The molecule has 9 nitrogen and oxygen atoms in total. The molecule has 3 atom stereocenters. The molecule has 9 heteroatoms. The molecule has 1 saturated heterocycles. The van der Waals surface area contributed by atoms with Crippen molar-refractivity contribution in [3.63, 3.8) is 0 Å². The first-order chi connectivity index (χ1) is 20.4. The highest BCUT2D eigenvalue weighted by molar-refractivity contribution is 5.69. The predicted octanol–water partition coefficient (Wildman–Crippen LogP) is 5.07. The highest BCUT2D eigenvalue weighted by Crippen LogP contribution is 2.35. The highest BCUT2D eigenvalue weighted by atomic mass is 16.5. The number of esters is 1. The van der Waals surface area contributed by atoms with Crippen LogP contribution < -0.4 is 0 Å². The smallest absolute Gasteiger partial charge is 0.305 e. The summed E-state index contributed by atoms with van der Waals surface area (Å²) < 4.78 is 6.76. The average Bonchev–Trinajstić information content (AvgIpc) is 3.45. The van der Waals surface area contributed by atoms with Gasteiger partial charge in [-0.05, 0) is 66.4 Å². The molecule has 0 amide bonds. The molecule has 0 unspecified atom stereocenters. The van der Waals surface area contributed by atoms with Gasteiger partial charge in [0.05, 0.1) is 12.6 Å². The number of benzene rings is 3. The quantitative estimate of drug-likeness (QED) is 0.251. The molecular formula is C33H40N6O3. The van der Waals surface area contributed by atoms with Crippen molar-refractivity contribution in [1.29, 1.82) is 0 Å². The number of carbonyl (C=O) groups is 1. The highest BCUT2D eigenvalue weighted by Gasteiger charge is 2.35. The van der Waals surface area contributed by atoms with E-state index in [9.17, 15) is 9.90 Å². The van der Waals surface area contributed by atoms with Gasteiger partial charge in [-0.15, -0.1) is 5.10 Å². The molecule has 1 fully saturated rings. The molecular weight excluding hydrogens is 528 g/mol. The maximum atomic E-state index is 11.7. The van der Waals surface area contributed by atoms with Gasteiger partial charge in [0.25, 0.3) is 0 Å². The van der Waals surface area contributed by atoms with Crippen LogP contribution >= 0.6 is 0 Å². The number of hydrogen-bond donors (Lipinski definition) is 1. The standard InChI is InChI=1S/C33H40N6O3/c1-4-42-31(41)14-9-19-39-33(34-35-36-39)28-17-15-27(16-18-28)32(29-12-8-13-30(40)20-29)38-22-24(2)37(21-25(38)3)23-26-10-6-5-7-11-26/h5-8,10-13,15-18,20,24-25,32,40H,4,9,14,19,21-23H2,1-3H3/t24-,25+,32-/m1/s1. The number of aromatic hydroxyl groups is 1. The molecule has 0 saturated carbocycles. The zero-order chi connectivity index (χ0) is 29.5. The number of nitrogens with zero attached hydrogens (tertiary/aromatic N) is 6. The second-order valence-corrected chi connectivity index (χ2v) is 11.1. The van der Waals surface area contributed by atoms with Crippen molar-refractivity contribution in [1.82, 2.24) is 30.0 Å². The van der Waals surface area contributed by atoms with Gasteiger partial charge in [-0.2, -0.15) is 0 Å². The molecule has 0 radical (unpaired) electrons. The molecule has 0 spiro atoms. The second-order valence-electron chi connectivity index (χ2n) is 11.1. The van der Waals surface area contributed by atoms with E-state index in [-0.39, 0.29) is 17.8 Å². The number of carbonyl (C=O) groups excluding carboxylic acids is 1. The Morgan fingerprint density at radius 1 is 0.976 bits per heavy atom. The summed E-state index contributed by atoms with van der Waals surface area (Å²) in [7, 11) is 0. The fourth-order valence-corrected chi connectivity index (χ4v) is 5.88. The first-order valence-corrected chi connectivity index (χ1v) is 14.8. The summed E-state index contributed by atoms with van der Waals surface area (Å²) >= 11 is 0. The van der Waals surface area contributed by atoms with Gasteiger partial charge < -0.3 is 9.84 Å². The normalized spacial score (nSPS) is 18.5. The van der Waals surface area contributed by atoms with Crippen LogP contribution in [0.15, 0.2) is 78.9 Å². The molecule has 4 aromatic rings. The number of rotatable bonds is 11. The summed E-state index contributed by atoms with van der Waals surface area (Å²) in [6, 6.07) is 27.2. The minimum Gasteiger partial charge on any atom is -0.508 e. The Balaban J connectivity index is 1.36. The van der Waals surface area contributed by atoms with Crippen LogP contribution in [0.2, 0.25) is 0 Å². The van der Waals surface area contributed by atoms with Gasteiger partial charge in [-0.1, -0.05) is 66.7 Å². The van der Waals surface area contributed by atoms with E-state index in [4.69, 9.17) is 4.74 Å². The van der Waals surface area contributed by atoms with Gasteiger partial charge in [0.1, 0.15) is 5.75 Å². The summed E-state index contributed by atoms with van der Waals surface area (Å²) in [5.74, 6) is 0.717. The summed E-state index contributed by atoms with van der Waals surface area (Å²) in [6.07, 6.45) is 0.924. The number of aryl methyl sites for hydroxylation is 1. The first kappa shape index (κ1) is 29.4. The van der Waals surface area contributed by atoms with Gasteiger partial charge in [0, 0.05) is 50.2 Å². The van der Waals surface area contributed by atoms with Crippen molar-refractivity contribution in [2.24, 2.45) is 0 Å². The molecule has 1 aliphatic heterocycles. The third kappa shape index (κ3) is 7.03. The molecule has 42 heavy (non-hydrogen) atoms. The summed E-state index contributed by atoms with van der Waals surface area (Å²) in [5.41, 5.74) is 4.43. The number of ether oxygens (including phenoxy) is 1. The van der Waals surface area contributed by atoms with Crippen molar-refractivity contribution >= 4 is 5.97 Å². The lowest BCUT2D eigenvalue weighted by Crippen LogP contribution is -2.56. The number of hydrogen-bond acceptors (Lipinski definition) is 8. The lowest BCUT2D eigenvalue weighted by Gasteiger charge is -2.47. The van der Waals surface area contributed by atoms with Crippen molar-refractivity contribution in [2.45, 2.75) is 64.8 Å².